The van der Waals surface area contributed by atoms with Crippen LogP contribution in [-0.4, -0.2) is 105 Å². The molecule has 0 spiro atoms. The molecule has 2 fully saturated rings. The van der Waals surface area contributed by atoms with Gasteiger partial charge in [-0.05, 0) is 142 Å². The Morgan fingerprint density at radius 3 is 0.963 bits per heavy atom. The number of benzene rings is 2. The number of carbonyl (C=O) groups is 4. The van der Waals surface area contributed by atoms with E-state index in [4.69, 9.17) is 18.9 Å². The summed E-state index contributed by atoms with van der Waals surface area (Å²) in [6, 6.07) is 12.1. The zero-order chi connectivity index (χ0) is 40.0. The quantitative estimate of drug-likeness (QED) is 0.257. The van der Waals surface area contributed by atoms with Crippen molar-refractivity contribution in [2.24, 2.45) is 0 Å². The van der Waals surface area contributed by atoms with Gasteiger partial charge in [0.15, 0.2) is 12.6 Å². The van der Waals surface area contributed by atoms with Crippen LogP contribution in [0, 0.1) is 0 Å². The standard InChI is InChI=1S/C40H58N6O8/c1-37(2,3)51-33(47)43-17-18-44(34(48)52-38(4,5)6)31(43)41-29-15-13-25-22-28-24-30(16-14-26(28)21-27(25)23-29)42-32-45(35(49)53-39(7,8)9)19-20-46(32)36(50)54-40(10,11)12/h13-16,23-24,31-32,41-42H,17-22H2,1-12H3. The third-order valence-electron chi connectivity index (χ3n) is 8.62. The minimum atomic E-state index is -0.812. The van der Waals surface area contributed by atoms with Crippen molar-refractivity contribution in [1.29, 1.82) is 0 Å². The van der Waals surface area contributed by atoms with E-state index in [2.05, 4.69) is 34.9 Å². The number of carbonyl (C=O) groups excluding carboxylic acids is 4. The van der Waals surface area contributed by atoms with Gasteiger partial charge in [-0.15, -0.1) is 0 Å². The molecule has 0 saturated carbocycles. The lowest BCUT2D eigenvalue weighted by Crippen LogP contribution is -2.51. The number of hydrogen-bond donors (Lipinski definition) is 2. The highest BCUT2D eigenvalue weighted by Gasteiger charge is 2.43. The Hall–Kier alpha value is -4.88. The van der Waals surface area contributed by atoms with E-state index in [0.717, 1.165) is 33.6 Å². The Morgan fingerprint density at radius 1 is 0.463 bits per heavy atom. The molecule has 0 unspecified atom stereocenters. The predicted octanol–water partition coefficient (Wildman–Crippen LogP) is 7.55. The average molecular weight is 751 g/mol. The second kappa shape index (κ2) is 14.7. The third kappa shape index (κ3) is 10.2. The van der Waals surface area contributed by atoms with Crippen LogP contribution >= 0.6 is 0 Å². The molecule has 2 aliphatic heterocycles. The number of rotatable bonds is 4. The zero-order valence-electron chi connectivity index (χ0n) is 33.9. The molecule has 54 heavy (non-hydrogen) atoms. The van der Waals surface area contributed by atoms with E-state index >= 15 is 0 Å². The minimum Gasteiger partial charge on any atom is -0.444 e. The number of ether oxygens (including phenoxy) is 4. The fourth-order valence-corrected chi connectivity index (χ4v) is 6.43. The van der Waals surface area contributed by atoms with Gasteiger partial charge in [0.25, 0.3) is 0 Å². The molecule has 2 heterocycles. The average Bonchev–Trinajstić information content (AvgIpc) is 3.61. The lowest BCUT2D eigenvalue weighted by Gasteiger charge is -2.34. The first-order chi connectivity index (χ1) is 24.9. The highest BCUT2D eigenvalue weighted by Crippen LogP contribution is 2.33. The second-order valence-corrected chi connectivity index (χ2v) is 18.1. The number of nitrogens with zero attached hydrogens (tertiary/aromatic N) is 4. The molecule has 296 valence electrons. The molecule has 2 saturated heterocycles. The van der Waals surface area contributed by atoms with E-state index in [0.29, 0.717) is 12.8 Å². The Morgan fingerprint density at radius 2 is 0.722 bits per heavy atom. The van der Waals surface area contributed by atoms with Crippen molar-refractivity contribution in [2.75, 3.05) is 36.8 Å². The van der Waals surface area contributed by atoms with E-state index in [9.17, 15) is 19.2 Å². The molecule has 2 aromatic rings. The van der Waals surface area contributed by atoms with Crippen molar-refractivity contribution in [3.05, 3.63) is 58.7 Å². The maximum Gasteiger partial charge on any atom is 0.413 e. The van der Waals surface area contributed by atoms with Crippen molar-refractivity contribution < 1.29 is 38.1 Å². The Balaban J connectivity index is 1.35. The van der Waals surface area contributed by atoms with Gasteiger partial charge in [0.05, 0.1) is 0 Å². The van der Waals surface area contributed by atoms with Crippen LogP contribution in [0.25, 0.3) is 0 Å². The van der Waals surface area contributed by atoms with Crippen molar-refractivity contribution in [1.82, 2.24) is 19.6 Å². The van der Waals surface area contributed by atoms with Crippen LogP contribution in [0.2, 0.25) is 0 Å². The Kier molecular flexibility index (Phi) is 11.0. The molecule has 2 aromatic carbocycles. The lowest BCUT2D eigenvalue weighted by atomic mass is 9.85. The summed E-state index contributed by atoms with van der Waals surface area (Å²) in [5, 5.41) is 6.82. The van der Waals surface area contributed by atoms with Crippen LogP contribution in [0.3, 0.4) is 0 Å². The molecule has 5 rings (SSSR count). The molecule has 4 amide bonds. The molecule has 0 atom stereocenters. The molecule has 0 aromatic heterocycles. The van der Waals surface area contributed by atoms with Gasteiger partial charge in [0.2, 0.25) is 0 Å². The predicted molar refractivity (Wildman–Crippen MR) is 205 cm³/mol. The van der Waals surface area contributed by atoms with Crippen LogP contribution in [0.15, 0.2) is 36.4 Å². The smallest absolute Gasteiger partial charge is 0.413 e. The molecular weight excluding hydrogens is 692 g/mol. The topological polar surface area (TPSA) is 142 Å². The SMILES string of the molecule is CC(C)(C)OC(=O)N1CCN(C(=O)OC(C)(C)C)C1Nc1ccc2c(c1)Cc1ccc(NC3N(C(=O)OC(C)(C)C)CCN3C(=O)OC(C)(C)C)cc1C2. The first kappa shape index (κ1) is 40.3. The monoisotopic (exact) mass is 750 g/mol. The summed E-state index contributed by atoms with van der Waals surface area (Å²) in [6.07, 6.45) is -2.40. The summed E-state index contributed by atoms with van der Waals surface area (Å²) in [5.74, 6) is 0. The fourth-order valence-electron chi connectivity index (χ4n) is 6.43. The summed E-state index contributed by atoms with van der Waals surface area (Å²) in [6.45, 7) is 22.8. The molecule has 0 bridgehead atoms. The van der Waals surface area contributed by atoms with Gasteiger partial charge < -0.3 is 29.6 Å². The zero-order valence-corrected chi connectivity index (χ0v) is 33.9. The van der Waals surface area contributed by atoms with Gasteiger partial charge in [0.1, 0.15) is 22.4 Å². The Bertz CT molecular complexity index is 1550. The van der Waals surface area contributed by atoms with Crippen molar-refractivity contribution in [3.63, 3.8) is 0 Å². The van der Waals surface area contributed by atoms with Crippen LogP contribution in [0.4, 0.5) is 30.6 Å². The number of anilines is 2. The van der Waals surface area contributed by atoms with Crippen LogP contribution in [-0.2, 0) is 31.8 Å². The van der Waals surface area contributed by atoms with E-state index < -0.39 is 59.4 Å². The molecule has 14 nitrogen and oxygen atoms in total. The Labute approximate surface area is 319 Å². The van der Waals surface area contributed by atoms with Gasteiger partial charge in [-0.25, -0.2) is 19.2 Å². The first-order valence-electron chi connectivity index (χ1n) is 18.6. The molecular formula is C40H58N6O8. The number of amides is 4. The van der Waals surface area contributed by atoms with E-state index in [1.165, 1.54) is 19.6 Å². The van der Waals surface area contributed by atoms with Crippen molar-refractivity contribution in [2.45, 2.75) is 131 Å². The van der Waals surface area contributed by atoms with Crippen molar-refractivity contribution >= 4 is 35.7 Å². The largest absolute Gasteiger partial charge is 0.444 e. The highest BCUT2D eigenvalue weighted by molar-refractivity contribution is 5.75. The number of nitrogens with one attached hydrogen (secondary N) is 2. The van der Waals surface area contributed by atoms with Gasteiger partial charge >= 0.3 is 24.4 Å². The van der Waals surface area contributed by atoms with Gasteiger partial charge in [0, 0.05) is 37.6 Å². The lowest BCUT2D eigenvalue weighted by molar-refractivity contribution is 0.00283. The molecule has 14 heteroatoms. The van der Waals surface area contributed by atoms with Crippen LogP contribution in [0.5, 0.6) is 0 Å². The van der Waals surface area contributed by atoms with Gasteiger partial charge in [-0.2, -0.15) is 0 Å². The third-order valence-corrected chi connectivity index (χ3v) is 8.62. The first-order valence-corrected chi connectivity index (χ1v) is 18.6. The second-order valence-electron chi connectivity index (χ2n) is 18.1. The van der Waals surface area contributed by atoms with E-state index in [-0.39, 0.29) is 26.2 Å². The summed E-state index contributed by atoms with van der Waals surface area (Å²) in [4.78, 5) is 59.1. The van der Waals surface area contributed by atoms with E-state index in [1.54, 1.807) is 0 Å². The van der Waals surface area contributed by atoms with E-state index in [1.807, 2.05) is 95.2 Å². The normalized spacial score (nSPS) is 16.8. The molecule has 0 radical (unpaired) electrons. The van der Waals surface area contributed by atoms with Crippen molar-refractivity contribution in [3.8, 4) is 0 Å². The summed E-state index contributed by atoms with van der Waals surface area (Å²) in [5.41, 5.74) is 3.16. The minimum absolute atomic E-state index is 0.284. The van der Waals surface area contributed by atoms with Gasteiger partial charge in [-0.3, -0.25) is 19.6 Å². The summed E-state index contributed by atoms with van der Waals surface area (Å²) in [7, 11) is 0. The maximum atomic E-state index is 13.3. The number of hydrogen-bond acceptors (Lipinski definition) is 10. The molecule has 1 aliphatic carbocycles. The van der Waals surface area contributed by atoms with Crippen LogP contribution < -0.4 is 10.6 Å². The highest BCUT2D eigenvalue weighted by atomic mass is 16.6. The molecule has 3 aliphatic rings. The van der Waals surface area contributed by atoms with Gasteiger partial charge in [-0.1, -0.05) is 12.1 Å². The summed E-state index contributed by atoms with van der Waals surface area (Å²) < 4.78 is 22.7. The molecule has 2 N–H and O–H groups in total. The number of fused-ring (bicyclic) bond motifs is 2. The maximum absolute atomic E-state index is 13.3. The summed E-state index contributed by atoms with van der Waals surface area (Å²) >= 11 is 0. The fraction of sp³-hybridized carbons (Fsp3) is 0.600. The van der Waals surface area contributed by atoms with Crippen LogP contribution in [0.1, 0.15) is 105 Å².